The van der Waals surface area contributed by atoms with Gasteiger partial charge < -0.3 is 4.57 Å². The zero-order chi connectivity index (χ0) is 21.5. The van der Waals surface area contributed by atoms with Crippen LogP contribution in [0.1, 0.15) is 0 Å². The molecule has 6 rings (SSSR count). The number of fused-ring (bicyclic) bond motifs is 3. The predicted octanol–water partition coefficient (Wildman–Crippen LogP) is 8.77. The summed E-state index contributed by atoms with van der Waals surface area (Å²) in [5, 5.41) is 3.13. The van der Waals surface area contributed by atoms with E-state index in [0.29, 0.717) is 0 Å². The van der Waals surface area contributed by atoms with Crippen LogP contribution in [0.4, 0.5) is 0 Å². The largest absolute Gasteiger partial charge is 0.309 e. The number of hydrogen-bond donors (Lipinski definition) is 0. The molecule has 2 heteroatoms. The van der Waals surface area contributed by atoms with Crippen LogP contribution >= 0.6 is 11.6 Å². The normalized spacial score (nSPS) is 11.3. The van der Waals surface area contributed by atoms with Crippen LogP contribution in [0.3, 0.4) is 0 Å². The zero-order valence-electron chi connectivity index (χ0n) is 17.4. The fourth-order valence-corrected chi connectivity index (χ4v) is 4.86. The number of aromatic nitrogens is 1. The molecule has 32 heavy (non-hydrogen) atoms. The van der Waals surface area contributed by atoms with Gasteiger partial charge in [-0.2, -0.15) is 0 Å². The highest BCUT2D eigenvalue weighted by Gasteiger charge is 2.18. The van der Waals surface area contributed by atoms with Crippen molar-refractivity contribution in [1.29, 1.82) is 0 Å². The minimum atomic E-state index is 0.746. The molecule has 0 atom stereocenters. The van der Waals surface area contributed by atoms with E-state index in [1.807, 2.05) is 6.07 Å². The van der Waals surface area contributed by atoms with E-state index in [1.165, 1.54) is 33.2 Å². The van der Waals surface area contributed by atoms with E-state index in [4.69, 9.17) is 11.6 Å². The van der Waals surface area contributed by atoms with Crippen LogP contribution in [0.2, 0.25) is 5.02 Å². The summed E-state index contributed by atoms with van der Waals surface area (Å²) in [6, 6.07) is 42.5. The molecule has 0 radical (unpaired) electrons. The number of para-hydroxylation sites is 1. The number of halogens is 1. The average molecular weight is 430 g/mol. The van der Waals surface area contributed by atoms with Crippen LogP contribution in [0.25, 0.3) is 49.7 Å². The van der Waals surface area contributed by atoms with Gasteiger partial charge in [0.25, 0.3) is 0 Å². The summed E-state index contributed by atoms with van der Waals surface area (Å²) in [4.78, 5) is 0. The zero-order valence-corrected chi connectivity index (χ0v) is 18.1. The van der Waals surface area contributed by atoms with Gasteiger partial charge >= 0.3 is 0 Å². The van der Waals surface area contributed by atoms with E-state index >= 15 is 0 Å². The van der Waals surface area contributed by atoms with E-state index in [-0.39, 0.29) is 0 Å². The fraction of sp³-hybridized carbons (Fsp3) is 0. The predicted molar refractivity (Wildman–Crippen MR) is 137 cm³/mol. The highest BCUT2D eigenvalue weighted by molar-refractivity contribution is 6.32. The molecular weight excluding hydrogens is 410 g/mol. The molecule has 0 bridgehead atoms. The van der Waals surface area contributed by atoms with Gasteiger partial charge in [0.05, 0.1) is 16.7 Å². The van der Waals surface area contributed by atoms with Crippen molar-refractivity contribution in [3.63, 3.8) is 0 Å². The quantitative estimate of drug-likeness (QED) is 0.265. The summed E-state index contributed by atoms with van der Waals surface area (Å²) >= 11 is 6.49. The van der Waals surface area contributed by atoms with E-state index in [1.54, 1.807) is 0 Å². The molecular formula is C30H20ClN. The summed E-state index contributed by atoms with van der Waals surface area (Å²) in [6.07, 6.45) is 0. The van der Waals surface area contributed by atoms with Crippen molar-refractivity contribution in [2.75, 3.05) is 0 Å². The molecule has 152 valence electrons. The molecule has 0 spiro atoms. The Kier molecular flexibility index (Phi) is 4.56. The molecule has 1 nitrogen and oxygen atoms in total. The van der Waals surface area contributed by atoms with Gasteiger partial charge in [-0.25, -0.2) is 0 Å². The van der Waals surface area contributed by atoms with Gasteiger partial charge in [0.1, 0.15) is 0 Å². The van der Waals surface area contributed by atoms with Crippen molar-refractivity contribution in [3.8, 4) is 27.9 Å². The minimum Gasteiger partial charge on any atom is -0.309 e. The summed E-state index contributed by atoms with van der Waals surface area (Å²) in [5.41, 5.74) is 8.30. The van der Waals surface area contributed by atoms with Crippen LogP contribution < -0.4 is 0 Å². The van der Waals surface area contributed by atoms with Gasteiger partial charge in [-0.05, 0) is 47.0 Å². The highest BCUT2D eigenvalue weighted by Crippen LogP contribution is 2.41. The molecule has 5 aromatic carbocycles. The Morgan fingerprint density at radius 1 is 0.500 bits per heavy atom. The van der Waals surface area contributed by atoms with Crippen LogP contribution in [-0.2, 0) is 0 Å². The van der Waals surface area contributed by atoms with Crippen molar-refractivity contribution in [2.45, 2.75) is 0 Å². The molecule has 0 saturated heterocycles. The molecule has 0 aliphatic carbocycles. The van der Waals surface area contributed by atoms with Gasteiger partial charge in [-0.3, -0.25) is 0 Å². The van der Waals surface area contributed by atoms with Crippen LogP contribution in [0.15, 0.2) is 121 Å². The molecule has 0 aliphatic heterocycles. The molecule has 1 aromatic heterocycles. The third kappa shape index (κ3) is 3.02. The van der Waals surface area contributed by atoms with Crippen LogP contribution in [0.5, 0.6) is 0 Å². The molecule has 0 aliphatic rings. The standard InChI is InChI=1S/C30H20ClN/c31-23-18-19-28-26(20-23)30-25(22-12-5-2-6-13-22)15-9-17-29(30)32(28)27-16-8-7-14-24(27)21-10-3-1-4-11-21/h1-20H. The van der Waals surface area contributed by atoms with E-state index in [9.17, 15) is 0 Å². The summed E-state index contributed by atoms with van der Waals surface area (Å²) in [5.74, 6) is 0. The van der Waals surface area contributed by atoms with E-state index in [0.717, 1.165) is 21.6 Å². The van der Waals surface area contributed by atoms with Crippen molar-refractivity contribution in [1.82, 2.24) is 4.57 Å². The molecule has 0 saturated carbocycles. The van der Waals surface area contributed by atoms with E-state index in [2.05, 4.69) is 120 Å². The third-order valence-electron chi connectivity index (χ3n) is 6.07. The average Bonchev–Trinajstić information content (AvgIpc) is 3.18. The SMILES string of the molecule is Clc1ccc2c(c1)c1c(-c3ccccc3)cccc1n2-c1ccccc1-c1ccccc1. The maximum absolute atomic E-state index is 6.49. The lowest BCUT2D eigenvalue weighted by atomic mass is 9.99. The summed E-state index contributed by atoms with van der Waals surface area (Å²) in [6.45, 7) is 0. The van der Waals surface area contributed by atoms with Gasteiger partial charge in [-0.15, -0.1) is 0 Å². The number of rotatable bonds is 3. The summed E-state index contributed by atoms with van der Waals surface area (Å²) < 4.78 is 2.37. The van der Waals surface area contributed by atoms with Crippen LogP contribution in [-0.4, -0.2) is 4.57 Å². The third-order valence-corrected chi connectivity index (χ3v) is 6.30. The lowest BCUT2D eigenvalue weighted by Gasteiger charge is -2.14. The maximum atomic E-state index is 6.49. The molecule has 0 unspecified atom stereocenters. The number of benzene rings is 5. The van der Waals surface area contributed by atoms with Crippen molar-refractivity contribution < 1.29 is 0 Å². The first kappa shape index (κ1) is 18.9. The Balaban J connectivity index is 1.75. The second-order valence-corrected chi connectivity index (χ2v) is 8.38. The molecule has 6 aromatic rings. The molecule has 1 heterocycles. The van der Waals surface area contributed by atoms with E-state index < -0.39 is 0 Å². The van der Waals surface area contributed by atoms with Crippen molar-refractivity contribution >= 4 is 33.4 Å². The van der Waals surface area contributed by atoms with Crippen LogP contribution in [0, 0.1) is 0 Å². The Labute approximate surface area is 192 Å². The first-order valence-corrected chi connectivity index (χ1v) is 11.1. The first-order valence-electron chi connectivity index (χ1n) is 10.7. The number of nitrogens with zero attached hydrogens (tertiary/aromatic N) is 1. The van der Waals surface area contributed by atoms with Gasteiger partial charge in [0, 0.05) is 21.4 Å². The molecule has 0 fully saturated rings. The van der Waals surface area contributed by atoms with Gasteiger partial charge in [0.2, 0.25) is 0 Å². The lowest BCUT2D eigenvalue weighted by Crippen LogP contribution is -1.97. The van der Waals surface area contributed by atoms with Gasteiger partial charge in [0.15, 0.2) is 0 Å². The fourth-order valence-electron chi connectivity index (χ4n) is 4.69. The number of hydrogen-bond acceptors (Lipinski definition) is 0. The topological polar surface area (TPSA) is 4.93 Å². The van der Waals surface area contributed by atoms with Gasteiger partial charge in [-0.1, -0.05) is 103 Å². The smallest absolute Gasteiger partial charge is 0.0547 e. The molecule has 0 N–H and O–H groups in total. The Hall–Kier alpha value is -3.81. The minimum absolute atomic E-state index is 0.746. The first-order chi connectivity index (χ1) is 15.8. The maximum Gasteiger partial charge on any atom is 0.0547 e. The molecule has 0 amide bonds. The second kappa shape index (κ2) is 7.71. The highest BCUT2D eigenvalue weighted by atomic mass is 35.5. The monoisotopic (exact) mass is 429 g/mol. The summed E-state index contributed by atoms with van der Waals surface area (Å²) in [7, 11) is 0. The lowest BCUT2D eigenvalue weighted by molar-refractivity contribution is 1.18. The second-order valence-electron chi connectivity index (χ2n) is 7.95. The van der Waals surface area contributed by atoms with Crippen molar-refractivity contribution in [2.24, 2.45) is 0 Å². The van der Waals surface area contributed by atoms with Crippen molar-refractivity contribution in [3.05, 3.63) is 126 Å². The Morgan fingerprint density at radius 3 is 1.88 bits per heavy atom. The Bertz CT molecular complexity index is 1560. The Morgan fingerprint density at radius 2 is 1.12 bits per heavy atom.